The van der Waals surface area contributed by atoms with Crippen LogP contribution in [0.1, 0.15) is 27.7 Å². The maximum Gasteiger partial charge on any atom is 0.407 e. The van der Waals surface area contributed by atoms with Crippen molar-refractivity contribution in [1.82, 2.24) is 19.9 Å². The Bertz CT molecular complexity index is 969. The van der Waals surface area contributed by atoms with Crippen molar-refractivity contribution in [2.45, 2.75) is 44.1 Å². The molecule has 0 radical (unpaired) electrons. The van der Waals surface area contributed by atoms with E-state index in [1.165, 1.54) is 0 Å². The van der Waals surface area contributed by atoms with Gasteiger partial charge < -0.3 is 25.2 Å². The molecule has 10 nitrogen and oxygen atoms in total. The minimum Gasteiger partial charge on any atom is -0.477 e. The Balaban J connectivity index is 0.000000604. The van der Waals surface area contributed by atoms with Crippen molar-refractivity contribution in [1.29, 1.82) is 0 Å². The third-order valence-electron chi connectivity index (χ3n) is 5.33. The summed E-state index contributed by atoms with van der Waals surface area (Å²) in [6.45, 7) is 12.0. The molecule has 1 saturated heterocycles. The van der Waals surface area contributed by atoms with Crippen LogP contribution in [0.5, 0.6) is 5.88 Å². The maximum absolute atomic E-state index is 11.7. The van der Waals surface area contributed by atoms with E-state index in [0.717, 1.165) is 18.0 Å². The number of alkyl carbamates (subject to hydrolysis) is 1. The molecule has 2 aliphatic rings. The van der Waals surface area contributed by atoms with Gasteiger partial charge in [0.15, 0.2) is 0 Å². The average Bonchev–Trinajstić information content (AvgIpc) is 3.30. The molecule has 0 spiro atoms. The number of halogens is 2. The fourth-order valence-corrected chi connectivity index (χ4v) is 4.53. The van der Waals surface area contributed by atoms with E-state index in [0.29, 0.717) is 30.2 Å². The first-order chi connectivity index (χ1) is 17.1. The molecule has 2 amide bonds. The fourth-order valence-electron chi connectivity index (χ4n) is 3.51. The number of hydrogen-bond acceptors (Lipinski definition) is 8. The number of fused-ring (bicyclic) bond motifs is 1. The Morgan fingerprint density at radius 3 is 2.27 bits per heavy atom. The molecule has 1 aliphatic carbocycles. The lowest BCUT2D eigenvalue weighted by Gasteiger charge is -2.20. The van der Waals surface area contributed by atoms with E-state index in [1.54, 1.807) is 25.2 Å². The molecule has 206 valence electrons. The van der Waals surface area contributed by atoms with Gasteiger partial charge in [-0.15, -0.1) is 0 Å². The minimum atomic E-state index is -3.58. The molecular weight excluding hydrogens is 510 g/mol. The van der Waals surface area contributed by atoms with Crippen LogP contribution in [0.2, 0.25) is 0 Å². The molecule has 2 fully saturated rings. The van der Waals surface area contributed by atoms with Gasteiger partial charge in [-0.25, -0.2) is 18.9 Å². The number of pyridine rings is 1. The largest absolute Gasteiger partial charge is 0.477 e. The highest BCUT2D eigenvalue weighted by atomic mass is 32.2. The molecular formula is C24H34F2N4O6S. The van der Waals surface area contributed by atoms with E-state index in [9.17, 15) is 23.2 Å². The molecule has 13 heteroatoms. The van der Waals surface area contributed by atoms with Crippen LogP contribution in [-0.4, -0.2) is 77.2 Å². The Labute approximate surface area is 219 Å². The second-order valence-corrected chi connectivity index (χ2v) is 11.0. The first kappa shape index (κ1) is 30.3. The number of ether oxygens (including phenoxy) is 2. The summed E-state index contributed by atoms with van der Waals surface area (Å²) in [5, 5.41) is 12.9. The predicted octanol–water partition coefficient (Wildman–Crippen LogP) is 3.20. The minimum absolute atomic E-state index is 0.167. The van der Waals surface area contributed by atoms with Gasteiger partial charge in [0.1, 0.15) is 12.2 Å². The molecule has 2 heterocycles. The standard InChI is InChI=1S/C21H30N4O4S.C3H4F2O2/c1-13(8-24-20(27)29-21(2,3)4)12-28-17-7-6-14(9-23-17)30-25-10-15-16(11-25)18(15)19(26)22-5;1-3(4,5)2(6)7/h6-7,9,15-16,18H,1,8,10-12H2,2-5H3,(H,22,26)(H,24,27);1H3,(H,6,7)/t15-,16+,18?;. The van der Waals surface area contributed by atoms with Crippen LogP contribution < -0.4 is 15.4 Å². The van der Waals surface area contributed by atoms with Gasteiger partial charge in [0.05, 0.1) is 0 Å². The van der Waals surface area contributed by atoms with Crippen molar-refractivity contribution in [2.24, 2.45) is 17.8 Å². The summed E-state index contributed by atoms with van der Waals surface area (Å²) in [7, 11) is 1.70. The van der Waals surface area contributed by atoms with Crippen LogP contribution in [0, 0.1) is 17.8 Å². The summed E-state index contributed by atoms with van der Waals surface area (Å²) in [6, 6.07) is 3.79. The lowest BCUT2D eigenvalue weighted by atomic mass is 10.2. The third-order valence-corrected chi connectivity index (χ3v) is 6.34. The highest BCUT2D eigenvalue weighted by molar-refractivity contribution is 7.97. The quantitative estimate of drug-likeness (QED) is 0.317. The highest BCUT2D eigenvalue weighted by Crippen LogP contribution is 2.53. The van der Waals surface area contributed by atoms with Gasteiger partial charge in [0.2, 0.25) is 11.8 Å². The molecule has 1 saturated carbocycles. The molecule has 1 unspecified atom stereocenters. The summed E-state index contributed by atoms with van der Waals surface area (Å²) in [4.78, 5) is 38.0. The van der Waals surface area contributed by atoms with Crippen LogP contribution in [0.25, 0.3) is 0 Å². The SMILES string of the molecule is C=C(CNC(=O)OC(C)(C)C)COc1ccc(SN2C[C@@H]3C(C(=O)NC)[C@@H]3C2)cn1.CC(F)(F)C(=O)O. The highest BCUT2D eigenvalue weighted by Gasteiger charge is 2.59. The maximum atomic E-state index is 11.7. The van der Waals surface area contributed by atoms with Crippen LogP contribution in [-0.2, 0) is 14.3 Å². The topological polar surface area (TPSA) is 130 Å². The Morgan fingerprint density at radius 1 is 1.22 bits per heavy atom. The zero-order chi connectivity index (χ0) is 28.0. The van der Waals surface area contributed by atoms with Crippen molar-refractivity contribution in [3.05, 3.63) is 30.5 Å². The number of alkyl halides is 2. The number of rotatable bonds is 9. The van der Waals surface area contributed by atoms with Gasteiger partial charge in [-0.05, 0) is 56.2 Å². The number of aliphatic carboxylic acids is 1. The van der Waals surface area contributed by atoms with Crippen molar-refractivity contribution in [3.8, 4) is 5.88 Å². The normalized spacial score (nSPS) is 20.6. The van der Waals surface area contributed by atoms with E-state index in [2.05, 4.69) is 26.5 Å². The smallest absolute Gasteiger partial charge is 0.407 e. The summed E-state index contributed by atoms with van der Waals surface area (Å²) in [5.74, 6) is -3.85. The zero-order valence-corrected chi connectivity index (χ0v) is 22.4. The van der Waals surface area contributed by atoms with Crippen LogP contribution in [0.15, 0.2) is 35.4 Å². The van der Waals surface area contributed by atoms with Gasteiger partial charge in [0.25, 0.3) is 0 Å². The van der Waals surface area contributed by atoms with E-state index >= 15 is 0 Å². The first-order valence-electron chi connectivity index (χ1n) is 11.6. The summed E-state index contributed by atoms with van der Waals surface area (Å²) in [5.41, 5.74) is 0.176. The number of aromatic nitrogens is 1. The van der Waals surface area contributed by atoms with E-state index in [1.807, 2.05) is 32.9 Å². The first-order valence-corrected chi connectivity index (χ1v) is 12.4. The molecule has 1 aliphatic heterocycles. The lowest BCUT2D eigenvalue weighted by molar-refractivity contribution is -0.161. The Kier molecular flexibility index (Phi) is 10.3. The Morgan fingerprint density at radius 2 is 1.81 bits per heavy atom. The lowest BCUT2D eigenvalue weighted by Crippen LogP contribution is -2.34. The second kappa shape index (κ2) is 12.5. The predicted molar refractivity (Wildman–Crippen MR) is 133 cm³/mol. The van der Waals surface area contributed by atoms with Crippen LogP contribution in [0.3, 0.4) is 0 Å². The number of piperidine rings is 1. The Hall–Kier alpha value is -2.93. The molecule has 3 N–H and O–H groups in total. The number of amides is 2. The fraction of sp³-hybridized carbons (Fsp3) is 0.583. The molecule has 3 rings (SSSR count). The summed E-state index contributed by atoms with van der Waals surface area (Å²) >= 11 is 1.66. The molecule has 37 heavy (non-hydrogen) atoms. The summed E-state index contributed by atoms with van der Waals surface area (Å²) < 4.78 is 35.6. The van der Waals surface area contributed by atoms with Crippen molar-refractivity contribution in [3.63, 3.8) is 0 Å². The van der Waals surface area contributed by atoms with Crippen molar-refractivity contribution in [2.75, 3.05) is 33.3 Å². The van der Waals surface area contributed by atoms with Gasteiger partial charge in [-0.2, -0.15) is 8.78 Å². The number of hydrogen-bond donors (Lipinski definition) is 3. The van der Waals surface area contributed by atoms with Gasteiger partial charge in [-0.1, -0.05) is 6.58 Å². The van der Waals surface area contributed by atoms with Crippen LogP contribution in [0.4, 0.5) is 13.6 Å². The second-order valence-electron chi connectivity index (χ2n) is 9.83. The summed E-state index contributed by atoms with van der Waals surface area (Å²) in [6.07, 6.45) is 1.30. The molecule has 3 atom stereocenters. The van der Waals surface area contributed by atoms with Crippen molar-refractivity contribution >= 4 is 29.9 Å². The van der Waals surface area contributed by atoms with Gasteiger partial charge in [0, 0.05) is 56.7 Å². The average molecular weight is 545 g/mol. The van der Waals surface area contributed by atoms with Gasteiger partial charge >= 0.3 is 18.0 Å². The number of carbonyl (C=O) groups is 3. The number of carboxylic acid groups (broad SMARTS) is 1. The monoisotopic (exact) mass is 544 g/mol. The third kappa shape index (κ3) is 10.2. The number of carboxylic acids is 1. The van der Waals surface area contributed by atoms with E-state index in [4.69, 9.17) is 14.6 Å². The molecule has 0 aromatic carbocycles. The number of nitrogens with zero attached hydrogens (tertiary/aromatic N) is 2. The number of nitrogens with one attached hydrogen (secondary N) is 2. The molecule has 0 bridgehead atoms. The van der Waals surface area contributed by atoms with Crippen molar-refractivity contribution < 1.29 is 37.7 Å². The van der Waals surface area contributed by atoms with Gasteiger partial charge in [-0.3, -0.25) is 4.79 Å². The number of carbonyl (C=O) groups excluding carboxylic acids is 2. The van der Waals surface area contributed by atoms with Crippen LogP contribution >= 0.6 is 11.9 Å². The zero-order valence-electron chi connectivity index (χ0n) is 21.5. The molecule has 1 aromatic heterocycles. The van der Waals surface area contributed by atoms with E-state index < -0.39 is 23.6 Å². The van der Waals surface area contributed by atoms with E-state index in [-0.39, 0.29) is 25.0 Å². The molecule has 1 aromatic rings.